The van der Waals surface area contributed by atoms with Gasteiger partial charge in [0, 0.05) is 17.7 Å². The summed E-state index contributed by atoms with van der Waals surface area (Å²) in [6, 6.07) is 13.5. The number of imide groups is 1. The maximum atomic E-state index is 13.3. The molecule has 0 aromatic heterocycles. The fourth-order valence-electron chi connectivity index (χ4n) is 4.18. The van der Waals surface area contributed by atoms with Crippen LogP contribution in [0.4, 0.5) is 10.5 Å². The molecule has 2 aromatic carbocycles. The topological polar surface area (TPSA) is 95.6 Å². The third-order valence-corrected chi connectivity index (χ3v) is 5.76. The van der Waals surface area contributed by atoms with Gasteiger partial charge in [-0.3, -0.25) is 19.3 Å². The van der Waals surface area contributed by atoms with Gasteiger partial charge in [-0.1, -0.05) is 31.2 Å². The summed E-state index contributed by atoms with van der Waals surface area (Å²) in [6.45, 7) is 1.43. The molecule has 7 heteroatoms. The SMILES string of the molecule is CCC(=O)Nc1ccc(C(=O)CN2C(=O)N[C@]3(CCCc4ccccc43)C2=O)cc1. The van der Waals surface area contributed by atoms with Gasteiger partial charge in [-0.25, -0.2) is 4.79 Å². The number of nitrogens with zero attached hydrogens (tertiary/aromatic N) is 1. The molecule has 1 heterocycles. The Balaban J connectivity index is 1.52. The van der Waals surface area contributed by atoms with Crippen LogP contribution in [0.15, 0.2) is 48.5 Å². The molecular weight excluding hydrogens is 382 g/mol. The molecule has 7 nitrogen and oxygen atoms in total. The van der Waals surface area contributed by atoms with Crippen LogP contribution < -0.4 is 10.6 Å². The van der Waals surface area contributed by atoms with Crippen molar-refractivity contribution in [3.8, 4) is 0 Å². The van der Waals surface area contributed by atoms with Gasteiger partial charge < -0.3 is 10.6 Å². The van der Waals surface area contributed by atoms with Crippen molar-refractivity contribution in [3.63, 3.8) is 0 Å². The van der Waals surface area contributed by atoms with Crippen LogP contribution in [0, 0.1) is 0 Å². The minimum atomic E-state index is -1.08. The monoisotopic (exact) mass is 405 g/mol. The second-order valence-electron chi connectivity index (χ2n) is 7.64. The van der Waals surface area contributed by atoms with E-state index in [1.54, 1.807) is 31.2 Å². The van der Waals surface area contributed by atoms with E-state index in [9.17, 15) is 19.2 Å². The summed E-state index contributed by atoms with van der Waals surface area (Å²) in [5, 5.41) is 5.57. The number of fused-ring (bicyclic) bond motifs is 2. The van der Waals surface area contributed by atoms with Gasteiger partial charge in [-0.2, -0.15) is 0 Å². The van der Waals surface area contributed by atoms with Crippen molar-refractivity contribution in [1.29, 1.82) is 0 Å². The molecule has 0 saturated carbocycles. The first kappa shape index (κ1) is 19.8. The van der Waals surface area contributed by atoms with E-state index in [1.165, 1.54) is 0 Å². The fourth-order valence-corrected chi connectivity index (χ4v) is 4.18. The van der Waals surface area contributed by atoms with Gasteiger partial charge in [0.05, 0.1) is 6.54 Å². The highest BCUT2D eigenvalue weighted by molar-refractivity contribution is 6.11. The molecule has 1 atom stereocenters. The van der Waals surface area contributed by atoms with Gasteiger partial charge in [-0.15, -0.1) is 0 Å². The largest absolute Gasteiger partial charge is 0.326 e. The highest BCUT2D eigenvalue weighted by Gasteiger charge is 2.54. The third kappa shape index (κ3) is 3.36. The van der Waals surface area contributed by atoms with Crippen LogP contribution in [-0.2, 0) is 21.5 Å². The molecule has 0 bridgehead atoms. The number of hydrogen-bond acceptors (Lipinski definition) is 4. The number of ketones is 1. The molecule has 4 amide bonds. The van der Waals surface area contributed by atoms with Crippen LogP contribution in [-0.4, -0.2) is 35.1 Å². The fraction of sp³-hybridized carbons (Fsp3) is 0.304. The van der Waals surface area contributed by atoms with Gasteiger partial charge in [0.25, 0.3) is 5.91 Å². The van der Waals surface area contributed by atoms with E-state index in [1.807, 2.05) is 24.3 Å². The molecule has 1 aliphatic carbocycles. The Bertz CT molecular complexity index is 1030. The smallest absolute Gasteiger partial charge is 0.325 e. The van der Waals surface area contributed by atoms with E-state index < -0.39 is 11.6 Å². The quantitative estimate of drug-likeness (QED) is 0.590. The van der Waals surface area contributed by atoms with E-state index in [4.69, 9.17) is 0 Å². The van der Waals surface area contributed by atoms with Crippen molar-refractivity contribution in [2.75, 3.05) is 11.9 Å². The second kappa shape index (κ2) is 7.74. The zero-order valence-electron chi connectivity index (χ0n) is 16.7. The summed E-state index contributed by atoms with van der Waals surface area (Å²) in [5.74, 6) is -0.834. The number of carbonyl (C=O) groups is 4. The molecule has 1 saturated heterocycles. The summed E-state index contributed by atoms with van der Waals surface area (Å²) < 4.78 is 0. The Morgan fingerprint density at radius 2 is 1.83 bits per heavy atom. The highest BCUT2D eigenvalue weighted by atomic mass is 16.2. The Morgan fingerprint density at radius 3 is 2.57 bits per heavy atom. The lowest BCUT2D eigenvalue weighted by Crippen LogP contribution is -2.46. The third-order valence-electron chi connectivity index (χ3n) is 5.76. The molecule has 2 aromatic rings. The van der Waals surface area contributed by atoms with Gasteiger partial charge in [0.2, 0.25) is 5.91 Å². The number of carbonyl (C=O) groups excluding carboxylic acids is 4. The molecule has 0 radical (unpaired) electrons. The molecular formula is C23H23N3O4. The van der Waals surface area contributed by atoms with Crippen LogP contribution in [0.1, 0.15) is 47.7 Å². The highest BCUT2D eigenvalue weighted by Crippen LogP contribution is 2.39. The molecule has 2 aliphatic rings. The molecule has 4 rings (SSSR count). The van der Waals surface area contributed by atoms with Crippen molar-refractivity contribution < 1.29 is 19.2 Å². The minimum Gasteiger partial charge on any atom is -0.326 e. The number of nitrogens with one attached hydrogen (secondary N) is 2. The number of rotatable bonds is 5. The average molecular weight is 405 g/mol. The summed E-state index contributed by atoms with van der Waals surface area (Å²) >= 11 is 0. The van der Waals surface area contributed by atoms with Crippen molar-refractivity contribution in [1.82, 2.24) is 10.2 Å². The van der Waals surface area contributed by atoms with Crippen molar-refractivity contribution in [3.05, 3.63) is 65.2 Å². The van der Waals surface area contributed by atoms with Crippen molar-refractivity contribution in [2.24, 2.45) is 0 Å². The molecule has 1 spiro atoms. The van der Waals surface area contributed by atoms with E-state index in [0.717, 1.165) is 28.9 Å². The number of hydrogen-bond donors (Lipinski definition) is 2. The number of aryl methyl sites for hydroxylation is 1. The maximum Gasteiger partial charge on any atom is 0.325 e. The predicted molar refractivity (Wildman–Crippen MR) is 111 cm³/mol. The normalized spacial score (nSPS) is 20.1. The number of urea groups is 1. The number of anilines is 1. The van der Waals surface area contributed by atoms with Gasteiger partial charge >= 0.3 is 6.03 Å². The zero-order chi connectivity index (χ0) is 21.3. The molecule has 0 unspecified atom stereocenters. The van der Waals surface area contributed by atoms with Crippen LogP contribution in [0.2, 0.25) is 0 Å². The molecule has 2 N–H and O–H groups in total. The standard InChI is InChI=1S/C23H23N3O4/c1-2-20(28)24-17-11-9-16(10-12-17)19(27)14-26-21(29)23(25-22(26)30)13-5-7-15-6-3-4-8-18(15)23/h3-4,6,8-12H,2,5,7,13-14H2,1H3,(H,24,28)(H,25,30)/t23-/m0/s1. The first-order valence-corrected chi connectivity index (χ1v) is 10.1. The van der Waals surface area contributed by atoms with Gasteiger partial charge in [-0.05, 0) is 54.7 Å². The maximum absolute atomic E-state index is 13.3. The molecule has 154 valence electrons. The average Bonchev–Trinajstić information content (AvgIpc) is 2.99. The minimum absolute atomic E-state index is 0.119. The summed E-state index contributed by atoms with van der Waals surface area (Å²) in [4.78, 5) is 51.1. The number of amides is 4. The predicted octanol–water partition coefficient (Wildman–Crippen LogP) is 3.00. The van der Waals surface area contributed by atoms with Crippen molar-refractivity contribution in [2.45, 2.75) is 38.1 Å². The Labute approximate surface area is 174 Å². The van der Waals surface area contributed by atoms with Gasteiger partial charge in [0.15, 0.2) is 5.78 Å². The number of benzene rings is 2. The molecule has 1 fully saturated rings. The van der Waals surface area contributed by atoms with E-state index in [2.05, 4.69) is 10.6 Å². The second-order valence-corrected chi connectivity index (χ2v) is 7.64. The lowest BCUT2D eigenvalue weighted by molar-refractivity contribution is -0.131. The first-order valence-electron chi connectivity index (χ1n) is 10.1. The summed E-state index contributed by atoms with van der Waals surface area (Å²) in [6.07, 6.45) is 2.53. The van der Waals surface area contributed by atoms with Crippen LogP contribution in [0.25, 0.3) is 0 Å². The van der Waals surface area contributed by atoms with Crippen LogP contribution in [0.3, 0.4) is 0 Å². The van der Waals surface area contributed by atoms with Crippen molar-refractivity contribution >= 4 is 29.3 Å². The Hall–Kier alpha value is -3.48. The zero-order valence-corrected chi connectivity index (χ0v) is 16.7. The summed E-state index contributed by atoms with van der Waals surface area (Å²) in [5.41, 5.74) is 1.75. The number of Topliss-reactive ketones (excluding diaryl/α,β-unsaturated/α-hetero) is 1. The van der Waals surface area contributed by atoms with E-state index in [0.29, 0.717) is 24.1 Å². The first-order chi connectivity index (χ1) is 14.4. The van der Waals surface area contributed by atoms with E-state index >= 15 is 0 Å². The summed E-state index contributed by atoms with van der Waals surface area (Å²) in [7, 11) is 0. The lowest BCUT2D eigenvalue weighted by atomic mass is 9.76. The van der Waals surface area contributed by atoms with Crippen LogP contribution in [0.5, 0.6) is 0 Å². The Morgan fingerprint density at radius 1 is 1.10 bits per heavy atom. The molecule has 30 heavy (non-hydrogen) atoms. The van der Waals surface area contributed by atoms with E-state index in [-0.39, 0.29) is 24.1 Å². The lowest BCUT2D eigenvalue weighted by Gasteiger charge is -2.33. The van der Waals surface area contributed by atoms with Crippen LogP contribution >= 0.6 is 0 Å². The van der Waals surface area contributed by atoms with Gasteiger partial charge in [0.1, 0.15) is 5.54 Å². The molecule has 1 aliphatic heterocycles. The Kier molecular flexibility index (Phi) is 5.11.